The first-order chi connectivity index (χ1) is 8.78. The van der Waals surface area contributed by atoms with Gasteiger partial charge in [-0.3, -0.25) is 0 Å². The number of methoxy groups -OCH3 is 1. The Kier molecular flexibility index (Phi) is 2.68. The van der Waals surface area contributed by atoms with Crippen molar-refractivity contribution in [2.24, 2.45) is 0 Å². The zero-order valence-corrected chi connectivity index (χ0v) is 9.84. The first-order valence-electron chi connectivity index (χ1n) is 5.63. The third-order valence-corrected chi connectivity index (χ3v) is 2.73. The van der Waals surface area contributed by atoms with E-state index in [1.807, 2.05) is 12.1 Å². The van der Waals surface area contributed by atoms with Gasteiger partial charge >= 0.3 is 5.97 Å². The lowest BCUT2D eigenvalue weighted by molar-refractivity contribution is 0.0443. The van der Waals surface area contributed by atoms with Gasteiger partial charge in [-0.25, -0.2) is 4.79 Å². The summed E-state index contributed by atoms with van der Waals surface area (Å²) in [5.74, 6) is 0.288. The number of fused-ring (bicyclic) bond motifs is 1. The molecule has 0 spiro atoms. The Labute approximate surface area is 103 Å². The molecule has 0 amide bonds. The zero-order chi connectivity index (χ0) is 12.5. The molecule has 0 aliphatic carbocycles. The number of hydrogen-bond acceptors (Lipinski definition) is 5. The lowest BCUT2D eigenvalue weighted by Crippen LogP contribution is -2.09. The number of hydrogen-bond donors (Lipinski definition) is 0. The van der Waals surface area contributed by atoms with Crippen LogP contribution in [0, 0.1) is 0 Å². The molecule has 0 unspecified atom stereocenters. The lowest BCUT2D eigenvalue weighted by atomic mass is 10.2. The van der Waals surface area contributed by atoms with E-state index in [4.69, 9.17) is 18.6 Å². The molecule has 1 fully saturated rings. The second kappa shape index (κ2) is 4.34. The van der Waals surface area contributed by atoms with Crippen LogP contribution in [0.25, 0.3) is 11.0 Å². The van der Waals surface area contributed by atoms with E-state index in [1.54, 1.807) is 19.2 Å². The standard InChI is InChI=1S/C13H12O5/c1-15-10-4-2-3-8-5-11(18-12(8)10)13(14)17-7-9-6-16-9/h2-5,9H,6-7H2,1H3/t9-/m1/s1. The molecule has 18 heavy (non-hydrogen) atoms. The molecular formula is C13H12O5. The number of para-hydroxylation sites is 1. The van der Waals surface area contributed by atoms with Gasteiger partial charge < -0.3 is 18.6 Å². The molecule has 0 radical (unpaired) electrons. The molecule has 94 valence electrons. The lowest BCUT2D eigenvalue weighted by Gasteiger charge is -1.99. The van der Waals surface area contributed by atoms with Crippen molar-refractivity contribution in [2.45, 2.75) is 6.10 Å². The van der Waals surface area contributed by atoms with Gasteiger partial charge in [-0.2, -0.15) is 0 Å². The van der Waals surface area contributed by atoms with Crippen molar-refractivity contribution in [3.8, 4) is 5.75 Å². The number of esters is 1. The van der Waals surface area contributed by atoms with Crippen LogP contribution in [0.2, 0.25) is 0 Å². The average Bonchev–Trinajstić information content (AvgIpc) is 3.11. The summed E-state index contributed by atoms with van der Waals surface area (Å²) in [4.78, 5) is 11.7. The number of carbonyl (C=O) groups is 1. The second-order valence-electron chi connectivity index (χ2n) is 4.04. The molecule has 0 N–H and O–H groups in total. The molecule has 1 atom stereocenters. The Hall–Kier alpha value is -2.01. The largest absolute Gasteiger partial charge is 0.493 e. The van der Waals surface area contributed by atoms with E-state index in [1.165, 1.54) is 0 Å². The number of carbonyl (C=O) groups excluding carboxylic acids is 1. The smallest absolute Gasteiger partial charge is 0.374 e. The van der Waals surface area contributed by atoms with E-state index >= 15 is 0 Å². The molecule has 3 rings (SSSR count). The van der Waals surface area contributed by atoms with Crippen LogP contribution >= 0.6 is 0 Å². The minimum absolute atomic E-state index is 0.0489. The Morgan fingerprint density at radius 3 is 3.06 bits per heavy atom. The third-order valence-electron chi connectivity index (χ3n) is 2.73. The van der Waals surface area contributed by atoms with Crippen LogP contribution in [0.15, 0.2) is 28.7 Å². The third kappa shape index (κ3) is 2.04. The van der Waals surface area contributed by atoms with Crippen molar-refractivity contribution in [1.29, 1.82) is 0 Å². The highest BCUT2D eigenvalue weighted by Crippen LogP contribution is 2.28. The van der Waals surface area contributed by atoms with E-state index in [-0.39, 0.29) is 18.5 Å². The predicted molar refractivity (Wildman–Crippen MR) is 62.8 cm³/mol. The number of benzene rings is 1. The molecule has 5 heteroatoms. The Balaban J connectivity index is 1.85. The van der Waals surface area contributed by atoms with Crippen molar-refractivity contribution in [2.75, 3.05) is 20.3 Å². The van der Waals surface area contributed by atoms with Crippen LogP contribution in [0.4, 0.5) is 0 Å². The minimum Gasteiger partial charge on any atom is -0.493 e. The summed E-state index contributed by atoms with van der Waals surface area (Å²) in [6.45, 7) is 0.925. The summed E-state index contributed by atoms with van der Waals surface area (Å²) in [6, 6.07) is 7.11. The van der Waals surface area contributed by atoms with E-state index in [9.17, 15) is 4.79 Å². The molecule has 1 aromatic heterocycles. The minimum atomic E-state index is -0.483. The van der Waals surface area contributed by atoms with Crippen molar-refractivity contribution >= 4 is 16.9 Å². The Morgan fingerprint density at radius 2 is 2.33 bits per heavy atom. The predicted octanol–water partition coefficient (Wildman–Crippen LogP) is 2.00. The molecule has 1 aromatic carbocycles. The van der Waals surface area contributed by atoms with Gasteiger partial charge in [0, 0.05) is 5.39 Å². The summed E-state index contributed by atoms with van der Waals surface area (Å²) in [7, 11) is 1.56. The highest BCUT2D eigenvalue weighted by atomic mass is 16.6. The summed E-state index contributed by atoms with van der Waals surface area (Å²) in [5, 5.41) is 0.809. The monoisotopic (exact) mass is 248 g/mol. The molecule has 0 saturated carbocycles. The van der Waals surface area contributed by atoms with Crippen LogP contribution in [-0.4, -0.2) is 32.4 Å². The zero-order valence-electron chi connectivity index (χ0n) is 9.84. The van der Waals surface area contributed by atoms with Gasteiger partial charge in [-0.05, 0) is 12.1 Å². The maximum atomic E-state index is 11.7. The highest BCUT2D eigenvalue weighted by molar-refractivity contribution is 5.94. The van der Waals surface area contributed by atoms with E-state index in [2.05, 4.69) is 0 Å². The molecule has 2 aromatic rings. The summed E-state index contributed by atoms with van der Waals surface area (Å²) in [5.41, 5.74) is 0.551. The molecule has 0 bridgehead atoms. The topological polar surface area (TPSA) is 61.2 Å². The Bertz CT molecular complexity index is 582. The molecular weight excluding hydrogens is 236 g/mol. The van der Waals surface area contributed by atoms with Gasteiger partial charge in [0.2, 0.25) is 5.76 Å². The van der Waals surface area contributed by atoms with Gasteiger partial charge in [0.05, 0.1) is 13.7 Å². The molecule has 1 aliphatic heterocycles. The van der Waals surface area contributed by atoms with Crippen molar-refractivity contribution in [3.63, 3.8) is 0 Å². The van der Waals surface area contributed by atoms with Gasteiger partial charge in [0.1, 0.15) is 12.7 Å². The maximum absolute atomic E-state index is 11.7. The van der Waals surface area contributed by atoms with Gasteiger partial charge in [-0.1, -0.05) is 12.1 Å². The van der Waals surface area contributed by atoms with Crippen molar-refractivity contribution in [3.05, 3.63) is 30.0 Å². The maximum Gasteiger partial charge on any atom is 0.374 e. The quantitative estimate of drug-likeness (QED) is 0.611. The van der Waals surface area contributed by atoms with Crippen LogP contribution < -0.4 is 4.74 Å². The van der Waals surface area contributed by atoms with E-state index < -0.39 is 5.97 Å². The SMILES string of the molecule is COc1cccc2cc(C(=O)OC[C@H]3CO3)oc12. The van der Waals surface area contributed by atoms with Gasteiger partial charge in [0.15, 0.2) is 11.3 Å². The first kappa shape index (κ1) is 11.1. The summed E-state index contributed by atoms with van der Waals surface area (Å²) >= 11 is 0. The van der Waals surface area contributed by atoms with Crippen molar-refractivity contribution < 1.29 is 23.4 Å². The van der Waals surface area contributed by atoms with Gasteiger partial charge in [0.25, 0.3) is 0 Å². The molecule has 2 heterocycles. The van der Waals surface area contributed by atoms with Crippen LogP contribution in [0.5, 0.6) is 5.75 Å². The Morgan fingerprint density at radius 1 is 1.50 bits per heavy atom. The van der Waals surface area contributed by atoms with Crippen LogP contribution in [0.1, 0.15) is 10.6 Å². The first-order valence-corrected chi connectivity index (χ1v) is 5.63. The van der Waals surface area contributed by atoms with E-state index in [0.29, 0.717) is 17.9 Å². The highest BCUT2D eigenvalue weighted by Gasteiger charge is 2.25. The number of rotatable bonds is 4. The van der Waals surface area contributed by atoms with Crippen molar-refractivity contribution in [1.82, 2.24) is 0 Å². The fraction of sp³-hybridized carbons (Fsp3) is 0.308. The van der Waals surface area contributed by atoms with Crippen LogP contribution in [-0.2, 0) is 9.47 Å². The fourth-order valence-electron chi connectivity index (χ4n) is 1.70. The normalized spacial score (nSPS) is 17.7. The summed E-state index contributed by atoms with van der Waals surface area (Å²) < 4.78 is 20.6. The fourth-order valence-corrected chi connectivity index (χ4v) is 1.70. The second-order valence-corrected chi connectivity index (χ2v) is 4.04. The molecule has 5 nitrogen and oxygen atoms in total. The van der Waals surface area contributed by atoms with E-state index in [0.717, 1.165) is 5.39 Å². The number of furan rings is 1. The van der Waals surface area contributed by atoms with Crippen LogP contribution in [0.3, 0.4) is 0 Å². The number of epoxide rings is 1. The van der Waals surface area contributed by atoms with Gasteiger partial charge in [-0.15, -0.1) is 0 Å². The average molecular weight is 248 g/mol. The summed E-state index contributed by atoms with van der Waals surface area (Å²) in [6.07, 6.45) is 0.0489. The molecule has 1 aliphatic rings. The molecule has 1 saturated heterocycles. The number of ether oxygens (including phenoxy) is 3.